The molecule has 0 spiro atoms. The maximum Gasteiger partial charge on any atom is 0.231 e. The summed E-state index contributed by atoms with van der Waals surface area (Å²) in [4.78, 5) is 10.2. The topological polar surface area (TPSA) is 17.1 Å². The van der Waals surface area contributed by atoms with Gasteiger partial charge in [-0.15, -0.1) is 0 Å². The molecule has 0 saturated heterocycles. The van der Waals surface area contributed by atoms with Crippen LogP contribution in [0.25, 0.3) is 0 Å². The number of hydrogen-bond acceptors (Lipinski definition) is 3. The average molecular weight is 199 g/mol. The maximum absolute atomic E-state index is 10.2. The molecule has 0 aromatic heterocycles. The van der Waals surface area contributed by atoms with Gasteiger partial charge in [-0.25, -0.2) is 0 Å². The summed E-state index contributed by atoms with van der Waals surface area (Å²) < 4.78 is 0. The van der Waals surface area contributed by atoms with Crippen LogP contribution >= 0.6 is 35.1 Å². The van der Waals surface area contributed by atoms with E-state index in [-0.39, 0.29) is 5.24 Å². The molecule has 4 heteroatoms. The van der Waals surface area contributed by atoms with Gasteiger partial charge in [-0.2, -0.15) is 23.5 Å². The predicted molar refractivity (Wildman–Crippen MR) is 51.2 cm³/mol. The Morgan fingerprint density at radius 3 is 2.50 bits per heavy atom. The van der Waals surface area contributed by atoms with Crippen molar-refractivity contribution in [1.82, 2.24) is 0 Å². The summed E-state index contributed by atoms with van der Waals surface area (Å²) in [5.41, 5.74) is 0. The van der Waals surface area contributed by atoms with Gasteiger partial charge in [-0.1, -0.05) is 6.92 Å². The predicted octanol–water partition coefficient (Wildman–Crippen LogP) is 2.24. The molecule has 0 atom stereocenters. The molecule has 0 fully saturated rings. The van der Waals surface area contributed by atoms with Crippen molar-refractivity contribution in [2.45, 2.75) is 6.92 Å². The Hall–Kier alpha value is 0.660. The summed E-state index contributed by atoms with van der Waals surface area (Å²) in [6.45, 7) is 2.13. The van der Waals surface area contributed by atoms with E-state index < -0.39 is 0 Å². The average Bonchev–Trinajstić information content (AvgIpc) is 1.87. The lowest BCUT2D eigenvalue weighted by atomic mass is 10.9. The monoisotopic (exact) mass is 198 g/mol. The second-order valence-electron chi connectivity index (χ2n) is 1.60. The van der Waals surface area contributed by atoms with Crippen molar-refractivity contribution in [3.05, 3.63) is 0 Å². The fourth-order valence-corrected chi connectivity index (χ4v) is 2.18. The molecule has 1 nitrogen and oxygen atoms in total. The molecule has 0 unspecified atom stereocenters. The minimum Gasteiger partial charge on any atom is -0.280 e. The van der Waals surface area contributed by atoms with Crippen LogP contribution in [0, 0.1) is 0 Å². The molecule has 60 valence electrons. The van der Waals surface area contributed by atoms with Crippen LogP contribution in [-0.4, -0.2) is 28.3 Å². The van der Waals surface area contributed by atoms with Gasteiger partial charge in [-0.3, -0.25) is 4.79 Å². The van der Waals surface area contributed by atoms with E-state index >= 15 is 0 Å². The van der Waals surface area contributed by atoms with Gasteiger partial charge in [0.15, 0.2) is 0 Å². The van der Waals surface area contributed by atoms with Crippen LogP contribution in [0.3, 0.4) is 0 Å². The summed E-state index contributed by atoms with van der Waals surface area (Å²) in [5, 5.41) is -0.244. The SMILES string of the molecule is CCSCCSCC(=O)Cl. The van der Waals surface area contributed by atoms with Gasteiger partial charge >= 0.3 is 0 Å². The lowest BCUT2D eigenvalue weighted by molar-refractivity contribution is -0.109. The highest BCUT2D eigenvalue weighted by molar-refractivity contribution is 8.03. The minimum absolute atomic E-state index is 0.244. The Labute approximate surface area is 75.3 Å². The number of carbonyl (C=O) groups is 1. The molecule has 0 saturated carbocycles. The molecule has 0 heterocycles. The Morgan fingerprint density at radius 1 is 1.40 bits per heavy atom. The number of rotatable bonds is 6. The quantitative estimate of drug-likeness (QED) is 0.482. The molecule has 10 heavy (non-hydrogen) atoms. The summed E-state index contributed by atoms with van der Waals surface area (Å²) in [6.07, 6.45) is 0. The molecule has 0 aliphatic heterocycles. The molecule has 0 radical (unpaired) electrons. The highest BCUT2D eigenvalue weighted by atomic mass is 35.5. The van der Waals surface area contributed by atoms with E-state index in [1.165, 1.54) is 0 Å². The molecule has 0 aliphatic rings. The van der Waals surface area contributed by atoms with Crippen LogP contribution in [-0.2, 0) is 4.79 Å². The minimum atomic E-state index is -0.244. The normalized spacial score (nSPS) is 9.80. The van der Waals surface area contributed by atoms with Gasteiger partial charge in [0.2, 0.25) is 5.24 Å². The molecule has 0 rings (SSSR count). The molecule has 0 bridgehead atoms. The number of hydrogen-bond donors (Lipinski definition) is 0. The molecule has 0 amide bonds. The van der Waals surface area contributed by atoms with Gasteiger partial charge in [0.25, 0.3) is 0 Å². The smallest absolute Gasteiger partial charge is 0.231 e. The van der Waals surface area contributed by atoms with E-state index in [4.69, 9.17) is 11.6 Å². The molecule has 0 aromatic carbocycles. The van der Waals surface area contributed by atoms with E-state index in [0.717, 1.165) is 17.3 Å². The largest absolute Gasteiger partial charge is 0.280 e. The first kappa shape index (κ1) is 10.7. The van der Waals surface area contributed by atoms with Gasteiger partial charge in [0, 0.05) is 11.5 Å². The molecule has 0 aromatic rings. The number of carbonyl (C=O) groups excluding carboxylic acids is 1. The van der Waals surface area contributed by atoms with E-state index in [9.17, 15) is 4.79 Å². The lowest BCUT2D eigenvalue weighted by Crippen LogP contribution is -1.93. The summed E-state index contributed by atoms with van der Waals surface area (Å²) in [7, 11) is 0. The fourth-order valence-electron chi connectivity index (χ4n) is 0.415. The lowest BCUT2D eigenvalue weighted by Gasteiger charge is -1.95. The first-order valence-corrected chi connectivity index (χ1v) is 5.80. The van der Waals surface area contributed by atoms with E-state index in [2.05, 4.69) is 6.92 Å². The van der Waals surface area contributed by atoms with Crippen molar-refractivity contribution in [3.63, 3.8) is 0 Å². The molecular formula is C6H11ClOS2. The zero-order chi connectivity index (χ0) is 7.82. The Balaban J connectivity index is 2.84. The highest BCUT2D eigenvalue weighted by Gasteiger charge is 1.94. The Morgan fingerprint density at radius 2 is 2.00 bits per heavy atom. The zero-order valence-corrected chi connectivity index (χ0v) is 8.32. The van der Waals surface area contributed by atoms with Crippen molar-refractivity contribution in [3.8, 4) is 0 Å². The van der Waals surface area contributed by atoms with E-state index in [0.29, 0.717) is 5.75 Å². The first-order valence-electron chi connectivity index (χ1n) is 3.11. The first-order chi connectivity index (χ1) is 4.77. The second-order valence-corrected chi connectivity index (χ2v) is 4.53. The van der Waals surface area contributed by atoms with Crippen LogP contribution < -0.4 is 0 Å². The van der Waals surface area contributed by atoms with Crippen LogP contribution in [0.15, 0.2) is 0 Å². The van der Waals surface area contributed by atoms with Gasteiger partial charge in [0.1, 0.15) is 0 Å². The highest BCUT2D eigenvalue weighted by Crippen LogP contribution is 2.06. The second kappa shape index (κ2) is 7.76. The Kier molecular flexibility index (Phi) is 8.28. The molecule has 0 N–H and O–H groups in total. The maximum atomic E-state index is 10.2. The van der Waals surface area contributed by atoms with Crippen LogP contribution in [0.5, 0.6) is 0 Å². The van der Waals surface area contributed by atoms with Crippen molar-refractivity contribution in [2.75, 3.05) is 23.0 Å². The number of halogens is 1. The van der Waals surface area contributed by atoms with Crippen molar-refractivity contribution < 1.29 is 4.79 Å². The third-order valence-corrected chi connectivity index (χ3v) is 3.20. The number of thioether (sulfide) groups is 2. The van der Waals surface area contributed by atoms with Crippen molar-refractivity contribution in [2.24, 2.45) is 0 Å². The zero-order valence-electron chi connectivity index (χ0n) is 5.93. The van der Waals surface area contributed by atoms with Gasteiger partial charge in [0.05, 0.1) is 5.75 Å². The van der Waals surface area contributed by atoms with Gasteiger partial charge < -0.3 is 0 Å². The fraction of sp³-hybridized carbons (Fsp3) is 0.833. The van der Waals surface area contributed by atoms with E-state index in [1.54, 1.807) is 11.8 Å². The van der Waals surface area contributed by atoms with Crippen molar-refractivity contribution in [1.29, 1.82) is 0 Å². The molecular weight excluding hydrogens is 188 g/mol. The van der Waals surface area contributed by atoms with E-state index in [1.807, 2.05) is 11.8 Å². The third kappa shape index (κ3) is 8.66. The van der Waals surface area contributed by atoms with Crippen LogP contribution in [0.1, 0.15) is 6.92 Å². The summed E-state index contributed by atoms with van der Waals surface area (Å²) >= 11 is 8.61. The third-order valence-electron chi connectivity index (χ3n) is 0.792. The standard InChI is InChI=1S/C6H11ClOS2/c1-2-9-3-4-10-5-6(7)8/h2-5H2,1H3. The van der Waals surface area contributed by atoms with Crippen LogP contribution in [0.4, 0.5) is 0 Å². The van der Waals surface area contributed by atoms with Gasteiger partial charge in [-0.05, 0) is 17.4 Å². The van der Waals surface area contributed by atoms with Crippen molar-refractivity contribution >= 4 is 40.4 Å². The Bertz CT molecular complexity index is 97.7. The van der Waals surface area contributed by atoms with Crippen LogP contribution in [0.2, 0.25) is 0 Å². The summed E-state index contributed by atoms with van der Waals surface area (Å²) in [6, 6.07) is 0. The molecule has 0 aliphatic carbocycles. The summed E-state index contributed by atoms with van der Waals surface area (Å²) in [5.74, 6) is 3.74.